The summed E-state index contributed by atoms with van der Waals surface area (Å²) >= 11 is 0. The van der Waals surface area contributed by atoms with Crippen LogP contribution in [-0.4, -0.2) is 24.2 Å². The standard InChI is InChI=1S/C15H24N2O/c1-4-16-8-12-5-6-15(12)13-7-14(10-17-9-13)18-11(2)3/h7,9-12,15-16H,4-6,8H2,1-3H3. The Morgan fingerprint density at radius 3 is 2.83 bits per heavy atom. The van der Waals surface area contributed by atoms with E-state index in [4.69, 9.17) is 4.74 Å². The highest BCUT2D eigenvalue weighted by Gasteiger charge is 2.31. The second-order valence-electron chi connectivity index (χ2n) is 5.37. The molecule has 0 aromatic carbocycles. The second kappa shape index (κ2) is 6.19. The van der Waals surface area contributed by atoms with Crippen LogP contribution in [0, 0.1) is 5.92 Å². The van der Waals surface area contributed by atoms with E-state index in [1.807, 2.05) is 26.2 Å². The van der Waals surface area contributed by atoms with Gasteiger partial charge in [0.2, 0.25) is 0 Å². The summed E-state index contributed by atoms with van der Waals surface area (Å²) in [5.74, 6) is 2.32. The maximum atomic E-state index is 5.71. The Morgan fingerprint density at radius 1 is 1.39 bits per heavy atom. The van der Waals surface area contributed by atoms with Gasteiger partial charge in [0.25, 0.3) is 0 Å². The van der Waals surface area contributed by atoms with Gasteiger partial charge in [-0.05, 0) is 63.2 Å². The highest BCUT2D eigenvalue weighted by atomic mass is 16.5. The van der Waals surface area contributed by atoms with Crippen LogP contribution in [0.1, 0.15) is 45.1 Å². The van der Waals surface area contributed by atoms with Gasteiger partial charge in [-0.15, -0.1) is 0 Å². The minimum atomic E-state index is 0.209. The number of hydrogen-bond acceptors (Lipinski definition) is 3. The van der Waals surface area contributed by atoms with Crippen molar-refractivity contribution in [1.29, 1.82) is 0 Å². The molecule has 3 heteroatoms. The zero-order valence-electron chi connectivity index (χ0n) is 11.6. The molecule has 100 valence electrons. The third-order valence-corrected chi connectivity index (χ3v) is 3.61. The Hall–Kier alpha value is -1.09. The molecule has 0 bridgehead atoms. The lowest BCUT2D eigenvalue weighted by molar-refractivity contribution is 0.234. The molecule has 1 saturated carbocycles. The van der Waals surface area contributed by atoms with Crippen molar-refractivity contribution in [3.05, 3.63) is 24.0 Å². The Labute approximate surface area is 110 Å². The highest BCUT2D eigenvalue weighted by Crippen LogP contribution is 2.42. The van der Waals surface area contributed by atoms with Gasteiger partial charge in [-0.25, -0.2) is 0 Å². The van der Waals surface area contributed by atoms with E-state index in [2.05, 4.69) is 23.3 Å². The van der Waals surface area contributed by atoms with Crippen LogP contribution in [0.5, 0.6) is 5.75 Å². The Kier molecular flexibility index (Phi) is 4.59. The molecule has 2 atom stereocenters. The molecule has 1 aromatic heterocycles. The first-order valence-electron chi connectivity index (χ1n) is 7.03. The zero-order valence-corrected chi connectivity index (χ0v) is 11.6. The molecule has 1 N–H and O–H groups in total. The minimum Gasteiger partial charge on any atom is -0.489 e. The summed E-state index contributed by atoms with van der Waals surface area (Å²) in [7, 11) is 0. The van der Waals surface area contributed by atoms with Crippen molar-refractivity contribution in [3.63, 3.8) is 0 Å². The zero-order chi connectivity index (χ0) is 13.0. The van der Waals surface area contributed by atoms with Gasteiger partial charge in [0.15, 0.2) is 0 Å². The van der Waals surface area contributed by atoms with Crippen LogP contribution in [-0.2, 0) is 0 Å². The molecule has 1 aliphatic carbocycles. The third-order valence-electron chi connectivity index (χ3n) is 3.61. The fourth-order valence-electron chi connectivity index (χ4n) is 2.56. The fourth-order valence-corrected chi connectivity index (χ4v) is 2.56. The summed E-state index contributed by atoms with van der Waals surface area (Å²) < 4.78 is 5.71. The van der Waals surface area contributed by atoms with E-state index in [1.54, 1.807) is 0 Å². The van der Waals surface area contributed by atoms with Gasteiger partial charge >= 0.3 is 0 Å². The van der Waals surface area contributed by atoms with Gasteiger partial charge in [-0.3, -0.25) is 4.98 Å². The number of pyridine rings is 1. The topological polar surface area (TPSA) is 34.2 Å². The van der Waals surface area contributed by atoms with E-state index in [1.165, 1.54) is 18.4 Å². The second-order valence-corrected chi connectivity index (χ2v) is 5.37. The SMILES string of the molecule is CCNCC1CCC1c1cncc(OC(C)C)c1. The molecule has 0 radical (unpaired) electrons. The Balaban J connectivity index is 2.00. The normalized spacial score (nSPS) is 22.9. The van der Waals surface area contributed by atoms with Crippen LogP contribution < -0.4 is 10.1 Å². The van der Waals surface area contributed by atoms with Crippen LogP contribution in [0.3, 0.4) is 0 Å². The lowest BCUT2D eigenvalue weighted by atomic mass is 9.70. The van der Waals surface area contributed by atoms with Gasteiger partial charge in [-0.2, -0.15) is 0 Å². The van der Waals surface area contributed by atoms with E-state index in [0.29, 0.717) is 5.92 Å². The first kappa shape index (κ1) is 13.3. The van der Waals surface area contributed by atoms with Crippen molar-refractivity contribution in [3.8, 4) is 5.75 Å². The van der Waals surface area contributed by atoms with Gasteiger partial charge in [0.1, 0.15) is 5.75 Å². The molecule has 18 heavy (non-hydrogen) atoms. The lowest BCUT2D eigenvalue weighted by Crippen LogP contribution is -2.33. The quantitative estimate of drug-likeness (QED) is 0.840. The number of nitrogens with one attached hydrogen (secondary N) is 1. The van der Waals surface area contributed by atoms with Crippen LogP contribution >= 0.6 is 0 Å². The van der Waals surface area contributed by atoms with Crippen molar-refractivity contribution in [2.75, 3.05) is 13.1 Å². The van der Waals surface area contributed by atoms with Crippen LogP contribution in [0.4, 0.5) is 0 Å². The highest BCUT2D eigenvalue weighted by molar-refractivity contribution is 5.28. The molecule has 1 aromatic rings. The molecule has 0 saturated heterocycles. The van der Waals surface area contributed by atoms with Gasteiger partial charge < -0.3 is 10.1 Å². The van der Waals surface area contributed by atoms with E-state index >= 15 is 0 Å². The third kappa shape index (κ3) is 3.22. The predicted molar refractivity (Wildman–Crippen MR) is 74.0 cm³/mol. The van der Waals surface area contributed by atoms with E-state index in [9.17, 15) is 0 Å². The summed E-state index contributed by atoms with van der Waals surface area (Å²) in [6, 6.07) is 2.16. The molecule has 1 heterocycles. The molecule has 2 rings (SSSR count). The van der Waals surface area contributed by atoms with Crippen LogP contribution in [0.25, 0.3) is 0 Å². The summed E-state index contributed by atoms with van der Waals surface area (Å²) in [5.41, 5.74) is 1.34. The maximum absolute atomic E-state index is 5.71. The molecular weight excluding hydrogens is 224 g/mol. The van der Waals surface area contributed by atoms with Crippen LogP contribution in [0.15, 0.2) is 18.5 Å². The van der Waals surface area contributed by atoms with Crippen molar-refractivity contribution in [1.82, 2.24) is 10.3 Å². The van der Waals surface area contributed by atoms with E-state index in [-0.39, 0.29) is 6.10 Å². The Bertz CT molecular complexity index is 379. The van der Waals surface area contributed by atoms with Crippen molar-refractivity contribution < 1.29 is 4.74 Å². The van der Waals surface area contributed by atoms with Gasteiger partial charge in [-0.1, -0.05) is 6.92 Å². The summed E-state index contributed by atoms with van der Waals surface area (Å²) in [5, 5.41) is 3.45. The lowest BCUT2D eigenvalue weighted by Gasteiger charge is -2.37. The number of aromatic nitrogens is 1. The molecule has 0 amide bonds. The number of rotatable bonds is 6. The first-order chi connectivity index (χ1) is 8.70. The molecule has 0 aliphatic heterocycles. The molecule has 3 nitrogen and oxygen atoms in total. The van der Waals surface area contributed by atoms with Crippen molar-refractivity contribution in [2.24, 2.45) is 5.92 Å². The molecule has 1 fully saturated rings. The first-order valence-corrected chi connectivity index (χ1v) is 7.03. The fraction of sp³-hybridized carbons (Fsp3) is 0.667. The van der Waals surface area contributed by atoms with Gasteiger partial charge in [0, 0.05) is 6.20 Å². The molecular formula is C15H24N2O. The van der Waals surface area contributed by atoms with Crippen molar-refractivity contribution >= 4 is 0 Å². The number of ether oxygens (including phenoxy) is 1. The summed E-state index contributed by atoms with van der Waals surface area (Å²) in [6.07, 6.45) is 6.62. The van der Waals surface area contributed by atoms with E-state index in [0.717, 1.165) is 24.8 Å². The maximum Gasteiger partial charge on any atom is 0.138 e. The summed E-state index contributed by atoms with van der Waals surface area (Å²) in [4.78, 5) is 4.31. The molecule has 2 unspecified atom stereocenters. The molecule has 1 aliphatic rings. The van der Waals surface area contributed by atoms with Crippen molar-refractivity contribution in [2.45, 2.75) is 45.6 Å². The minimum absolute atomic E-state index is 0.209. The smallest absolute Gasteiger partial charge is 0.138 e. The largest absolute Gasteiger partial charge is 0.489 e. The summed E-state index contributed by atoms with van der Waals surface area (Å²) in [6.45, 7) is 8.43. The van der Waals surface area contributed by atoms with Crippen LogP contribution in [0.2, 0.25) is 0 Å². The monoisotopic (exact) mass is 248 g/mol. The van der Waals surface area contributed by atoms with Gasteiger partial charge in [0.05, 0.1) is 12.3 Å². The average molecular weight is 248 g/mol. The van der Waals surface area contributed by atoms with E-state index < -0.39 is 0 Å². The molecule has 0 spiro atoms. The predicted octanol–water partition coefficient (Wildman–Crippen LogP) is 2.97. The number of hydrogen-bond donors (Lipinski definition) is 1. The Morgan fingerprint density at radius 2 is 2.22 bits per heavy atom. The number of nitrogens with zero attached hydrogens (tertiary/aromatic N) is 1. The average Bonchev–Trinajstić information content (AvgIpc) is 2.27.